The Morgan fingerprint density at radius 2 is 1.82 bits per heavy atom. The quantitative estimate of drug-likeness (QED) is 0.894. The molecule has 4 N–H and O–H groups in total. The van der Waals surface area contributed by atoms with E-state index in [0.29, 0.717) is 16.7 Å². The summed E-state index contributed by atoms with van der Waals surface area (Å²) < 4.78 is 0. The lowest BCUT2D eigenvalue weighted by Gasteiger charge is -2.34. The van der Waals surface area contributed by atoms with Gasteiger partial charge in [0.15, 0.2) is 6.17 Å². The highest BCUT2D eigenvalue weighted by Gasteiger charge is 2.26. The van der Waals surface area contributed by atoms with Crippen LogP contribution in [0, 0.1) is 6.92 Å². The molecule has 5 heteroatoms. The lowest BCUT2D eigenvalue weighted by Crippen LogP contribution is -2.36. The first-order valence-corrected chi connectivity index (χ1v) is 7.35. The molecule has 22 heavy (non-hydrogen) atoms. The number of halogens is 1. The van der Waals surface area contributed by atoms with Crippen molar-refractivity contribution in [2.45, 2.75) is 13.1 Å². The Labute approximate surface area is 134 Å². The summed E-state index contributed by atoms with van der Waals surface area (Å²) >= 11 is 6.26. The molecule has 2 aromatic rings. The van der Waals surface area contributed by atoms with Crippen LogP contribution in [-0.2, 0) is 0 Å². The highest BCUT2D eigenvalue weighted by atomic mass is 35.5. The molecule has 0 radical (unpaired) electrons. The van der Waals surface area contributed by atoms with E-state index in [2.05, 4.69) is 4.99 Å². The van der Waals surface area contributed by atoms with Crippen LogP contribution in [0.4, 0.5) is 5.69 Å². The molecule has 1 heterocycles. The minimum Gasteiger partial charge on any atom is -0.385 e. The molecule has 0 saturated carbocycles. The van der Waals surface area contributed by atoms with Gasteiger partial charge in [-0.3, -0.25) is 0 Å². The van der Waals surface area contributed by atoms with Gasteiger partial charge in [-0.15, -0.1) is 0 Å². The molecule has 0 fully saturated rings. The van der Waals surface area contributed by atoms with Gasteiger partial charge in [0.2, 0.25) is 0 Å². The highest BCUT2D eigenvalue weighted by molar-refractivity contribution is 6.31. The van der Waals surface area contributed by atoms with Crippen molar-refractivity contribution in [2.75, 3.05) is 4.90 Å². The monoisotopic (exact) mass is 312 g/mol. The summed E-state index contributed by atoms with van der Waals surface area (Å²) in [5, 5.41) is 0.694. The van der Waals surface area contributed by atoms with Crippen molar-refractivity contribution in [1.29, 1.82) is 0 Å². The molecular formula is C17H17ClN4. The standard InChI is InChI=1S/C17H17ClN4/c1-11-7-8-13(9-14(11)18)22-16(20)10-15(19)21-17(22)12-5-3-2-4-6-12/h2-10,17H,20H2,1H3,(H2,19,21)/t17-/m0/s1. The van der Waals surface area contributed by atoms with Gasteiger partial charge in [-0.1, -0.05) is 48.0 Å². The number of rotatable bonds is 2. The second-order valence-corrected chi connectivity index (χ2v) is 5.62. The zero-order valence-electron chi connectivity index (χ0n) is 12.2. The van der Waals surface area contributed by atoms with Gasteiger partial charge >= 0.3 is 0 Å². The van der Waals surface area contributed by atoms with Crippen molar-refractivity contribution in [3.63, 3.8) is 0 Å². The first kappa shape index (κ1) is 14.5. The molecule has 0 aliphatic carbocycles. The van der Waals surface area contributed by atoms with Gasteiger partial charge in [-0.2, -0.15) is 0 Å². The smallest absolute Gasteiger partial charge is 0.154 e. The van der Waals surface area contributed by atoms with Crippen LogP contribution in [0.15, 0.2) is 65.4 Å². The summed E-state index contributed by atoms with van der Waals surface area (Å²) in [6.45, 7) is 1.96. The van der Waals surface area contributed by atoms with Crippen molar-refractivity contribution in [2.24, 2.45) is 16.5 Å². The van der Waals surface area contributed by atoms with Crippen LogP contribution in [0.1, 0.15) is 17.3 Å². The SMILES string of the molecule is Cc1ccc(N2C(N)=CC(N)=N[C@@H]2c2ccccc2)cc1Cl. The van der Waals surface area contributed by atoms with Crippen LogP contribution >= 0.6 is 11.6 Å². The predicted molar refractivity (Wildman–Crippen MR) is 91.7 cm³/mol. The third-order valence-electron chi connectivity index (χ3n) is 3.62. The molecule has 0 bridgehead atoms. The second kappa shape index (κ2) is 5.73. The van der Waals surface area contributed by atoms with Gasteiger partial charge in [-0.25, -0.2) is 4.99 Å². The van der Waals surface area contributed by atoms with Gasteiger partial charge in [0.25, 0.3) is 0 Å². The van der Waals surface area contributed by atoms with E-state index < -0.39 is 0 Å². The maximum absolute atomic E-state index is 6.26. The normalized spacial score (nSPS) is 17.9. The number of anilines is 1. The number of aryl methyl sites for hydroxylation is 1. The topological polar surface area (TPSA) is 67.6 Å². The zero-order valence-corrected chi connectivity index (χ0v) is 13.0. The molecule has 0 amide bonds. The highest BCUT2D eigenvalue weighted by Crippen LogP contribution is 2.34. The van der Waals surface area contributed by atoms with Gasteiger partial charge in [0.05, 0.1) is 0 Å². The van der Waals surface area contributed by atoms with E-state index in [0.717, 1.165) is 16.8 Å². The lowest BCUT2D eigenvalue weighted by atomic mass is 10.1. The molecule has 1 atom stereocenters. The van der Waals surface area contributed by atoms with Gasteiger partial charge in [0, 0.05) is 16.8 Å². The molecule has 2 aromatic carbocycles. The molecule has 1 aliphatic rings. The molecular weight excluding hydrogens is 296 g/mol. The summed E-state index contributed by atoms with van der Waals surface area (Å²) in [6, 6.07) is 15.7. The molecule has 4 nitrogen and oxygen atoms in total. The minimum atomic E-state index is -0.301. The summed E-state index contributed by atoms with van der Waals surface area (Å²) in [6.07, 6.45) is 1.36. The van der Waals surface area contributed by atoms with Crippen molar-refractivity contribution < 1.29 is 0 Å². The Kier molecular flexibility index (Phi) is 3.77. The van der Waals surface area contributed by atoms with Crippen molar-refractivity contribution in [3.05, 3.63) is 76.6 Å². The van der Waals surface area contributed by atoms with Crippen LogP contribution in [0.2, 0.25) is 5.02 Å². The predicted octanol–water partition coefficient (Wildman–Crippen LogP) is 3.32. The van der Waals surface area contributed by atoms with Gasteiger partial charge < -0.3 is 16.4 Å². The summed E-state index contributed by atoms with van der Waals surface area (Å²) in [5.74, 6) is 0.960. The second-order valence-electron chi connectivity index (χ2n) is 5.21. The maximum atomic E-state index is 6.26. The van der Waals surface area contributed by atoms with Crippen LogP contribution in [0.3, 0.4) is 0 Å². The van der Waals surface area contributed by atoms with Crippen molar-refractivity contribution in [1.82, 2.24) is 0 Å². The summed E-state index contributed by atoms with van der Waals surface area (Å²) in [4.78, 5) is 6.46. The van der Waals surface area contributed by atoms with E-state index >= 15 is 0 Å². The average Bonchev–Trinajstić information content (AvgIpc) is 2.50. The molecule has 0 saturated heterocycles. The minimum absolute atomic E-state index is 0.301. The fourth-order valence-electron chi connectivity index (χ4n) is 2.47. The fraction of sp³-hybridized carbons (Fsp3) is 0.118. The number of nitrogens with two attached hydrogens (primary N) is 2. The largest absolute Gasteiger partial charge is 0.385 e. The molecule has 112 valence electrons. The van der Waals surface area contributed by atoms with E-state index in [9.17, 15) is 0 Å². The van der Waals surface area contributed by atoms with Crippen molar-refractivity contribution in [3.8, 4) is 0 Å². The molecule has 3 rings (SSSR count). The molecule has 1 aliphatic heterocycles. The fourth-order valence-corrected chi connectivity index (χ4v) is 2.64. The number of aliphatic imine (C=N–C) groups is 1. The number of hydrogen-bond donors (Lipinski definition) is 2. The van der Waals surface area contributed by atoms with E-state index in [-0.39, 0.29) is 6.17 Å². The van der Waals surface area contributed by atoms with Gasteiger partial charge in [-0.05, 0) is 30.2 Å². The number of amidine groups is 1. The first-order valence-electron chi connectivity index (χ1n) is 6.97. The molecule has 0 spiro atoms. The Morgan fingerprint density at radius 1 is 1.09 bits per heavy atom. The third kappa shape index (κ3) is 2.65. The Balaban J connectivity index is 2.09. The van der Waals surface area contributed by atoms with Crippen LogP contribution in [0.25, 0.3) is 0 Å². The number of nitrogens with zero attached hydrogens (tertiary/aromatic N) is 2. The maximum Gasteiger partial charge on any atom is 0.154 e. The zero-order chi connectivity index (χ0) is 15.7. The van der Waals surface area contributed by atoms with Crippen LogP contribution < -0.4 is 16.4 Å². The Bertz CT molecular complexity index is 753. The van der Waals surface area contributed by atoms with Crippen LogP contribution in [-0.4, -0.2) is 5.84 Å². The summed E-state index contributed by atoms with van der Waals surface area (Å²) in [5.41, 5.74) is 15.0. The lowest BCUT2D eigenvalue weighted by molar-refractivity contribution is 0.693. The molecule has 0 unspecified atom stereocenters. The Hall–Kier alpha value is -2.46. The van der Waals surface area contributed by atoms with E-state index in [1.54, 1.807) is 6.08 Å². The Morgan fingerprint density at radius 3 is 2.50 bits per heavy atom. The number of benzene rings is 2. The molecule has 0 aromatic heterocycles. The van der Waals surface area contributed by atoms with Crippen LogP contribution in [0.5, 0.6) is 0 Å². The summed E-state index contributed by atoms with van der Waals surface area (Å²) in [7, 11) is 0. The van der Waals surface area contributed by atoms with Gasteiger partial charge in [0.1, 0.15) is 11.7 Å². The van der Waals surface area contributed by atoms with E-state index in [4.69, 9.17) is 23.1 Å². The first-order chi connectivity index (χ1) is 10.6. The number of hydrogen-bond acceptors (Lipinski definition) is 4. The van der Waals surface area contributed by atoms with E-state index in [1.165, 1.54) is 0 Å². The third-order valence-corrected chi connectivity index (χ3v) is 4.03. The van der Waals surface area contributed by atoms with Crippen molar-refractivity contribution >= 4 is 23.1 Å². The van der Waals surface area contributed by atoms with E-state index in [1.807, 2.05) is 60.4 Å². The average molecular weight is 313 g/mol.